The minimum Gasteiger partial charge on any atom is -0.293 e. The molecule has 3 aliphatic carbocycles. The third-order valence-corrected chi connectivity index (χ3v) is 5.44. The van der Waals surface area contributed by atoms with Gasteiger partial charge in [0.15, 0.2) is 29.1 Å². The van der Waals surface area contributed by atoms with E-state index < -0.39 is 40.0 Å². The molecule has 0 radical (unpaired) electrons. The summed E-state index contributed by atoms with van der Waals surface area (Å²) in [6, 6.07) is 0.125. The lowest BCUT2D eigenvalue weighted by atomic mass is 9.28. The molecule has 2 bridgehead atoms. The van der Waals surface area contributed by atoms with Gasteiger partial charge in [-0.3, -0.25) is 4.79 Å². The molecular formula is C16H16F4O. The highest BCUT2D eigenvalue weighted by Gasteiger charge is 2.74. The zero-order valence-corrected chi connectivity index (χ0v) is 12.1. The van der Waals surface area contributed by atoms with Gasteiger partial charge < -0.3 is 0 Å². The monoisotopic (exact) mass is 300 g/mol. The van der Waals surface area contributed by atoms with E-state index in [1.165, 1.54) is 0 Å². The van der Waals surface area contributed by atoms with Crippen molar-refractivity contribution in [3.8, 4) is 0 Å². The van der Waals surface area contributed by atoms with Crippen LogP contribution in [-0.2, 0) is 0 Å². The number of hydrogen-bond acceptors (Lipinski definition) is 1. The highest BCUT2D eigenvalue weighted by molar-refractivity contribution is 6.03. The predicted molar refractivity (Wildman–Crippen MR) is 68.8 cm³/mol. The Kier molecular flexibility index (Phi) is 2.68. The van der Waals surface area contributed by atoms with Crippen LogP contribution in [0.15, 0.2) is 6.07 Å². The highest BCUT2D eigenvalue weighted by atomic mass is 19.2. The van der Waals surface area contributed by atoms with Crippen LogP contribution >= 0.6 is 0 Å². The lowest BCUT2D eigenvalue weighted by Gasteiger charge is -2.74. The van der Waals surface area contributed by atoms with E-state index in [4.69, 9.17) is 0 Å². The number of halogens is 4. The Morgan fingerprint density at radius 3 is 1.81 bits per heavy atom. The lowest BCUT2D eigenvalue weighted by Crippen LogP contribution is -2.70. The van der Waals surface area contributed by atoms with Gasteiger partial charge in [-0.15, -0.1) is 0 Å². The van der Waals surface area contributed by atoms with Gasteiger partial charge >= 0.3 is 0 Å². The number of benzene rings is 1. The van der Waals surface area contributed by atoms with Crippen LogP contribution in [0.25, 0.3) is 0 Å². The molecule has 0 aromatic heterocycles. The molecule has 0 aliphatic heterocycles. The summed E-state index contributed by atoms with van der Waals surface area (Å²) in [5.74, 6) is -7.05. The average molecular weight is 300 g/mol. The first-order valence-electron chi connectivity index (χ1n) is 6.91. The SMILES string of the molecule is CC(C)(C)C12CC(C(=O)c3c(F)c(F)cc(F)c3F)(C1)C2. The summed E-state index contributed by atoms with van der Waals surface area (Å²) in [5, 5.41) is 0. The van der Waals surface area contributed by atoms with Gasteiger partial charge in [0.05, 0.1) is 5.56 Å². The molecule has 5 heteroatoms. The minimum atomic E-state index is -1.59. The molecular weight excluding hydrogens is 284 g/mol. The van der Waals surface area contributed by atoms with E-state index in [-0.39, 0.29) is 16.9 Å². The topological polar surface area (TPSA) is 17.1 Å². The fraction of sp³-hybridized carbons (Fsp3) is 0.562. The second-order valence-corrected chi connectivity index (χ2v) is 7.51. The van der Waals surface area contributed by atoms with E-state index >= 15 is 0 Å². The van der Waals surface area contributed by atoms with Crippen molar-refractivity contribution in [1.82, 2.24) is 0 Å². The lowest BCUT2D eigenvalue weighted by molar-refractivity contribution is -0.228. The molecule has 0 heterocycles. The van der Waals surface area contributed by atoms with Gasteiger partial charge in [0.2, 0.25) is 0 Å². The average Bonchev–Trinajstić information content (AvgIpc) is 2.21. The molecule has 1 nitrogen and oxygen atoms in total. The van der Waals surface area contributed by atoms with Crippen LogP contribution in [0.4, 0.5) is 17.6 Å². The standard InChI is InChI=1S/C16H16F4O/c1-14(2,3)16-5-15(6-16,7-16)13(21)10-11(19)8(17)4-9(18)12(10)20/h4H,5-7H2,1-3H3. The fourth-order valence-corrected chi connectivity index (χ4v) is 3.86. The largest absolute Gasteiger partial charge is 0.293 e. The maximum absolute atomic E-state index is 13.7. The van der Waals surface area contributed by atoms with E-state index in [1.54, 1.807) is 0 Å². The van der Waals surface area contributed by atoms with Crippen molar-refractivity contribution in [2.24, 2.45) is 16.2 Å². The van der Waals surface area contributed by atoms with E-state index in [0.717, 1.165) is 0 Å². The van der Waals surface area contributed by atoms with E-state index in [0.29, 0.717) is 19.3 Å². The third-order valence-electron chi connectivity index (χ3n) is 5.44. The van der Waals surface area contributed by atoms with Crippen molar-refractivity contribution in [2.45, 2.75) is 40.0 Å². The van der Waals surface area contributed by atoms with Gasteiger partial charge in [-0.1, -0.05) is 20.8 Å². The van der Waals surface area contributed by atoms with Gasteiger partial charge in [-0.2, -0.15) is 0 Å². The highest BCUT2D eigenvalue weighted by Crippen LogP contribution is 2.79. The summed E-state index contributed by atoms with van der Waals surface area (Å²) in [7, 11) is 0. The molecule has 0 N–H and O–H groups in total. The normalized spacial score (nSPS) is 30.6. The molecule has 114 valence electrons. The summed E-state index contributed by atoms with van der Waals surface area (Å²) in [6.45, 7) is 6.18. The van der Waals surface area contributed by atoms with Gasteiger partial charge in [-0.05, 0) is 30.1 Å². The van der Waals surface area contributed by atoms with Crippen molar-refractivity contribution >= 4 is 5.78 Å². The number of carbonyl (C=O) groups excluding carboxylic acids is 1. The van der Waals surface area contributed by atoms with Crippen molar-refractivity contribution < 1.29 is 22.4 Å². The van der Waals surface area contributed by atoms with Crippen molar-refractivity contribution in [1.29, 1.82) is 0 Å². The first kappa shape index (κ1) is 14.5. The Balaban J connectivity index is 1.94. The molecule has 3 fully saturated rings. The second kappa shape index (κ2) is 3.87. The van der Waals surface area contributed by atoms with Crippen molar-refractivity contribution in [2.75, 3.05) is 0 Å². The second-order valence-electron chi connectivity index (χ2n) is 7.51. The Morgan fingerprint density at radius 1 is 1.00 bits per heavy atom. The van der Waals surface area contributed by atoms with Crippen LogP contribution in [0.1, 0.15) is 50.4 Å². The summed E-state index contributed by atoms with van der Waals surface area (Å²) in [6.07, 6.45) is 1.58. The zero-order chi connectivity index (χ0) is 15.8. The maximum atomic E-state index is 13.7. The van der Waals surface area contributed by atoms with Crippen LogP contribution in [-0.4, -0.2) is 5.78 Å². The summed E-state index contributed by atoms with van der Waals surface area (Å²) >= 11 is 0. The van der Waals surface area contributed by atoms with Gasteiger partial charge in [0.25, 0.3) is 0 Å². The Labute approximate surface area is 120 Å². The number of carbonyl (C=O) groups is 1. The molecule has 21 heavy (non-hydrogen) atoms. The quantitative estimate of drug-likeness (QED) is 0.442. The molecule has 1 aromatic rings. The Morgan fingerprint density at radius 2 is 1.43 bits per heavy atom. The Hall–Kier alpha value is -1.39. The molecule has 3 aliphatic rings. The van der Waals surface area contributed by atoms with E-state index in [9.17, 15) is 22.4 Å². The number of Topliss-reactive ketones (excluding diaryl/α,β-unsaturated/α-hetero) is 1. The van der Waals surface area contributed by atoms with Crippen molar-refractivity contribution in [3.05, 3.63) is 34.9 Å². The Bertz CT molecular complexity index is 611. The molecule has 0 atom stereocenters. The molecule has 0 saturated heterocycles. The number of rotatable bonds is 2. The first-order chi connectivity index (χ1) is 9.53. The fourth-order valence-electron chi connectivity index (χ4n) is 3.86. The molecule has 3 saturated carbocycles. The molecule has 1 aromatic carbocycles. The zero-order valence-electron chi connectivity index (χ0n) is 12.1. The van der Waals surface area contributed by atoms with Crippen LogP contribution in [0.3, 0.4) is 0 Å². The van der Waals surface area contributed by atoms with Crippen LogP contribution in [0.2, 0.25) is 0 Å². The van der Waals surface area contributed by atoms with E-state index in [2.05, 4.69) is 20.8 Å². The number of hydrogen-bond donors (Lipinski definition) is 0. The predicted octanol–water partition coefficient (Wildman–Crippen LogP) is 4.64. The molecule has 0 amide bonds. The summed E-state index contributed by atoms with van der Waals surface area (Å²) < 4.78 is 53.9. The smallest absolute Gasteiger partial charge is 0.175 e. The summed E-state index contributed by atoms with van der Waals surface area (Å²) in [4.78, 5) is 12.4. The first-order valence-corrected chi connectivity index (χ1v) is 6.91. The van der Waals surface area contributed by atoms with E-state index in [1.807, 2.05) is 0 Å². The van der Waals surface area contributed by atoms with Crippen LogP contribution in [0.5, 0.6) is 0 Å². The number of ketones is 1. The molecule has 4 rings (SSSR count). The molecule has 0 spiro atoms. The van der Waals surface area contributed by atoms with Gasteiger partial charge in [-0.25, -0.2) is 17.6 Å². The third kappa shape index (κ3) is 1.66. The van der Waals surface area contributed by atoms with Gasteiger partial charge in [0.1, 0.15) is 0 Å². The van der Waals surface area contributed by atoms with Crippen LogP contribution in [0, 0.1) is 39.5 Å². The maximum Gasteiger partial charge on any atom is 0.175 e. The summed E-state index contributed by atoms with van der Waals surface area (Å²) in [5.41, 5.74) is -1.90. The van der Waals surface area contributed by atoms with Crippen LogP contribution < -0.4 is 0 Å². The molecule has 0 unspecified atom stereocenters. The van der Waals surface area contributed by atoms with Crippen molar-refractivity contribution in [3.63, 3.8) is 0 Å². The van der Waals surface area contributed by atoms with Gasteiger partial charge in [0, 0.05) is 11.5 Å². The minimum absolute atomic E-state index is 0.000687.